The first-order chi connectivity index (χ1) is 10.0. The quantitative estimate of drug-likeness (QED) is 0.853. The molecule has 0 aromatic heterocycles. The van der Waals surface area contributed by atoms with Crippen molar-refractivity contribution in [3.63, 3.8) is 0 Å². The highest BCUT2D eigenvalue weighted by Crippen LogP contribution is 2.27. The molecule has 0 aliphatic rings. The summed E-state index contributed by atoms with van der Waals surface area (Å²) in [5.41, 5.74) is 7.24. The lowest BCUT2D eigenvalue weighted by Crippen LogP contribution is -2.14. The summed E-state index contributed by atoms with van der Waals surface area (Å²) in [5, 5.41) is 12.0. The standard InChI is InChI=1S/C15H12ClN3O2/c1-21-14-6-9(8-17)2-5-13(14)19-15(20)11-7-10(16)3-4-12(11)18/h2-7H,18H2,1H3,(H,19,20). The Morgan fingerprint density at radius 1 is 1.33 bits per heavy atom. The third kappa shape index (κ3) is 3.25. The maximum Gasteiger partial charge on any atom is 0.257 e. The van der Waals surface area contributed by atoms with E-state index in [0.29, 0.717) is 27.7 Å². The van der Waals surface area contributed by atoms with E-state index in [1.54, 1.807) is 24.3 Å². The molecular formula is C15H12ClN3O2. The van der Waals surface area contributed by atoms with Gasteiger partial charge in [-0.1, -0.05) is 11.6 Å². The third-order valence-corrected chi connectivity index (χ3v) is 3.07. The second kappa shape index (κ2) is 6.16. The maximum atomic E-state index is 12.2. The van der Waals surface area contributed by atoms with Crippen molar-refractivity contribution in [2.24, 2.45) is 0 Å². The number of nitrogen functional groups attached to an aromatic ring is 1. The number of benzene rings is 2. The highest BCUT2D eigenvalue weighted by molar-refractivity contribution is 6.31. The van der Waals surface area contributed by atoms with E-state index in [1.165, 1.54) is 19.2 Å². The molecule has 0 unspecified atom stereocenters. The van der Waals surface area contributed by atoms with E-state index in [2.05, 4.69) is 5.32 Å². The largest absolute Gasteiger partial charge is 0.495 e. The van der Waals surface area contributed by atoms with Crippen LogP contribution in [-0.4, -0.2) is 13.0 Å². The van der Waals surface area contributed by atoms with Crippen LogP contribution in [0.2, 0.25) is 5.02 Å². The number of nitrogens with one attached hydrogen (secondary N) is 1. The molecule has 0 aliphatic carbocycles. The zero-order valence-corrected chi connectivity index (χ0v) is 11.9. The minimum absolute atomic E-state index is 0.272. The smallest absolute Gasteiger partial charge is 0.257 e. The van der Waals surface area contributed by atoms with Crippen LogP contribution in [0.5, 0.6) is 5.75 Å². The van der Waals surface area contributed by atoms with Crippen LogP contribution in [0.25, 0.3) is 0 Å². The molecule has 2 aromatic rings. The molecule has 0 heterocycles. The minimum Gasteiger partial charge on any atom is -0.495 e. The van der Waals surface area contributed by atoms with Crippen LogP contribution < -0.4 is 15.8 Å². The van der Waals surface area contributed by atoms with E-state index in [-0.39, 0.29) is 5.56 Å². The van der Waals surface area contributed by atoms with Crippen molar-refractivity contribution < 1.29 is 9.53 Å². The van der Waals surface area contributed by atoms with Crippen LogP contribution in [0.3, 0.4) is 0 Å². The Hall–Kier alpha value is -2.71. The molecule has 0 spiro atoms. The summed E-state index contributed by atoms with van der Waals surface area (Å²) in [5.74, 6) is -0.0130. The first-order valence-electron chi connectivity index (χ1n) is 5.99. The molecule has 21 heavy (non-hydrogen) atoms. The summed E-state index contributed by atoms with van der Waals surface area (Å²) < 4.78 is 5.16. The van der Waals surface area contributed by atoms with Gasteiger partial charge in [-0.2, -0.15) is 5.26 Å². The number of nitrogens with two attached hydrogens (primary N) is 1. The predicted octanol–water partition coefficient (Wildman–Crippen LogP) is 3.05. The summed E-state index contributed by atoms with van der Waals surface area (Å²) in [6, 6.07) is 11.4. The van der Waals surface area contributed by atoms with Gasteiger partial charge >= 0.3 is 0 Å². The third-order valence-electron chi connectivity index (χ3n) is 2.84. The zero-order chi connectivity index (χ0) is 15.4. The number of carbonyl (C=O) groups is 1. The molecule has 2 aromatic carbocycles. The number of hydrogen-bond acceptors (Lipinski definition) is 4. The Morgan fingerprint density at radius 3 is 2.76 bits per heavy atom. The Bertz CT molecular complexity index is 738. The number of amides is 1. The molecule has 106 valence electrons. The summed E-state index contributed by atoms with van der Waals surface area (Å²) in [7, 11) is 1.46. The van der Waals surface area contributed by atoms with Gasteiger partial charge in [-0.3, -0.25) is 4.79 Å². The van der Waals surface area contributed by atoms with Crippen molar-refractivity contribution in [2.75, 3.05) is 18.2 Å². The zero-order valence-electron chi connectivity index (χ0n) is 11.2. The number of rotatable bonds is 3. The normalized spacial score (nSPS) is 9.76. The van der Waals surface area contributed by atoms with Crippen LogP contribution in [0, 0.1) is 11.3 Å². The lowest BCUT2D eigenvalue weighted by Gasteiger charge is -2.11. The number of carbonyl (C=O) groups excluding carboxylic acids is 1. The van der Waals surface area contributed by atoms with E-state index < -0.39 is 5.91 Å². The monoisotopic (exact) mass is 301 g/mol. The topological polar surface area (TPSA) is 88.1 Å². The molecule has 3 N–H and O–H groups in total. The number of anilines is 2. The molecule has 0 saturated carbocycles. The maximum absolute atomic E-state index is 12.2. The molecule has 0 fully saturated rings. The van der Waals surface area contributed by atoms with Gasteiger partial charge in [0.15, 0.2) is 0 Å². The molecule has 0 bridgehead atoms. The van der Waals surface area contributed by atoms with Crippen molar-refractivity contribution in [1.82, 2.24) is 0 Å². The van der Waals surface area contributed by atoms with Gasteiger partial charge in [-0.05, 0) is 30.3 Å². The molecule has 5 nitrogen and oxygen atoms in total. The van der Waals surface area contributed by atoms with Gasteiger partial charge < -0.3 is 15.8 Å². The highest BCUT2D eigenvalue weighted by Gasteiger charge is 2.13. The van der Waals surface area contributed by atoms with E-state index in [9.17, 15) is 4.79 Å². The first-order valence-corrected chi connectivity index (χ1v) is 6.37. The van der Waals surface area contributed by atoms with Gasteiger partial charge in [0.25, 0.3) is 5.91 Å². The molecule has 0 atom stereocenters. The van der Waals surface area contributed by atoms with E-state index in [1.807, 2.05) is 6.07 Å². The molecule has 6 heteroatoms. The van der Waals surface area contributed by atoms with Crippen LogP contribution in [0.15, 0.2) is 36.4 Å². The molecule has 2 rings (SSSR count). The van der Waals surface area contributed by atoms with Gasteiger partial charge in [-0.25, -0.2) is 0 Å². The van der Waals surface area contributed by atoms with Gasteiger partial charge in [-0.15, -0.1) is 0 Å². The molecular weight excluding hydrogens is 290 g/mol. The van der Waals surface area contributed by atoms with E-state index in [0.717, 1.165) is 0 Å². The Morgan fingerprint density at radius 2 is 2.10 bits per heavy atom. The Balaban J connectivity index is 2.32. The SMILES string of the molecule is COc1cc(C#N)ccc1NC(=O)c1cc(Cl)ccc1N. The Kier molecular flexibility index (Phi) is 4.31. The van der Waals surface area contributed by atoms with Crippen LogP contribution >= 0.6 is 11.6 Å². The van der Waals surface area contributed by atoms with Crippen molar-refractivity contribution in [1.29, 1.82) is 5.26 Å². The van der Waals surface area contributed by atoms with Gasteiger partial charge in [0.2, 0.25) is 0 Å². The fourth-order valence-corrected chi connectivity index (χ4v) is 1.95. The molecule has 0 radical (unpaired) electrons. The second-order valence-electron chi connectivity index (χ2n) is 4.21. The fraction of sp³-hybridized carbons (Fsp3) is 0.0667. The van der Waals surface area contributed by atoms with Crippen LogP contribution in [-0.2, 0) is 0 Å². The van der Waals surface area contributed by atoms with Crippen molar-refractivity contribution >= 4 is 28.9 Å². The van der Waals surface area contributed by atoms with Crippen LogP contribution in [0.1, 0.15) is 15.9 Å². The number of nitriles is 1. The number of ether oxygens (including phenoxy) is 1. The highest BCUT2D eigenvalue weighted by atomic mass is 35.5. The number of halogens is 1. The van der Waals surface area contributed by atoms with Crippen LogP contribution in [0.4, 0.5) is 11.4 Å². The summed E-state index contributed by atoms with van der Waals surface area (Å²) in [6.07, 6.45) is 0. The lowest BCUT2D eigenvalue weighted by atomic mass is 10.1. The number of hydrogen-bond donors (Lipinski definition) is 2. The van der Waals surface area contributed by atoms with Gasteiger partial charge in [0.1, 0.15) is 5.75 Å². The predicted molar refractivity (Wildman–Crippen MR) is 81.5 cm³/mol. The first kappa shape index (κ1) is 14.7. The average Bonchev–Trinajstić information content (AvgIpc) is 2.49. The second-order valence-corrected chi connectivity index (χ2v) is 4.65. The van der Waals surface area contributed by atoms with Gasteiger partial charge in [0, 0.05) is 16.8 Å². The summed E-state index contributed by atoms with van der Waals surface area (Å²) in [6.45, 7) is 0. The van der Waals surface area contributed by atoms with E-state index >= 15 is 0 Å². The average molecular weight is 302 g/mol. The van der Waals surface area contributed by atoms with Gasteiger partial charge in [0.05, 0.1) is 30.0 Å². The van der Waals surface area contributed by atoms with Crippen molar-refractivity contribution in [3.8, 4) is 11.8 Å². The Labute approximate surface area is 126 Å². The summed E-state index contributed by atoms with van der Waals surface area (Å²) in [4.78, 5) is 12.2. The molecule has 1 amide bonds. The van der Waals surface area contributed by atoms with Crippen molar-refractivity contribution in [3.05, 3.63) is 52.5 Å². The number of nitrogens with zero attached hydrogens (tertiary/aromatic N) is 1. The van der Waals surface area contributed by atoms with E-state index in [4.69, 9.17) is 27.3 Å². The lowest BCUT2D eigenvalue weighted by molar-refractivity contribution is 0.102. The fourth-order valence-electron chi connectivity index (χ4n) is 1.78. The summed E-state index contributed by atoms with van der Waals surface area (Å²) >= 11 is 5.87. The number of methoxy groups -OCH3 is 1. The molecule has 0 aliphatic heterocycles. The molecule has 0 saturated heterocycles. The van der Waals surface area contributed by atoms with Crippen molar-refractivity contribution in [2.45, 2.75) is 0 Å². The minimum atomic E-state index is -0.405.